The number of anilines is 1. The highest BCUT2D eigenvalue weighted by Crippen LogP contribution is 2.71. The maximum Gasteiger partial charge on any atom is 0.322 e. The standard InChI is InChI=1S/C29H36F3N3O3/c1-19(2)37-21-6-4-5-20(13-21)35(22(36)14-27-15-29(32,16-27)17-27)18-26-7-10-28(11-8-26,12-9-26)23-33-24(38-34-23)25(3,30)31/h4-6,13,19H,7-12,14-18H2,1-3H3. The van der Waals surface area contributed by atoms with Crippen LogP contribution in [-0.2, 0) is 16.1 Å². The smallest absolute Gasteiger partial charge is 0.322 e. The molecule has 1 heterocycles. The van der Waals surface area contributed by atoms with Crippen molar-refractivity contribution < 1.29 is 27.2 Å². The van der Waals surface area contributed by atoms with Crippen LogP contribution < -0.4 is 9.64 Å². The third-order valence-corrected chi connectivity index (χ3v) is 9.57. The number of nitrogens with zero attached hydrogens (tertiary/aromatic N) is 3. The summed E-state index contributed by atoms with van der Waals surface area (Å²) in [6.45, 7) is 5.28. The third kappa shape index (κ3) is 4.39. The van der Waals surface area contributed by atoms with E-state index in [1.54, 1.807) is 0 Å². The molecule has 6 nitrogen and oxygen atoms in total. The molecule has 38 heavy (non-hydrogen) atoms. The van der Waals surface area contributed by atoms with Gasteiger partial charge >= 0.3 is 5.92 Å². The van der Waals surface area contributed by atoms with Gasteiger partial charge in [-0.2, -0.15) is 13.8 Å². The predicted molar refractivity (Wildman–Crippen MR) is 135 cm³/mol. The van der Waals surface area contributed by atoms with E-state index in [4.69, 9.17) is 9.26 Å². The molecule has 6 fully saturated rings. The number of hydrogen-bond acceptors (Lipinski definition) is 5. The van der Waals surface area contributed by atoms with Crippen LogP contribution in [0.25, 0.3) is 0 Å². The number of aromatic nitrogens is 2. The average Bonchev–Trinajstić information content (AvgIpc) is 3.34. The molecule has 2 aromatic rings. The zero-order valence-corrected chi connectivity index (χ0v) is 22.4. The van der Waals surface area contributed by atoms with E-state index < -0.39 is 17.5 Å². The Balaban J connectivity index is 1.22. The van der Waals surface area contributed by atoms with Crippen LogP contribution in [0.5, 0.6) is 5.75 Å². The number of carbonyl (C=O) groups excluding carboxylic acids is 1. The number of rotatable bonds is 9. The molecule has 9 heteroatoms. The van der Waals surface area contributed by atoms with Crippen LogP contribution in [0, 0.1) is 10.8 Å². The van der Waals surface area contributed by atoms with Crippen LogP contribution >= 0.6 is 0 Å². The number of ether oxygens (including phenoxy) is 1. The summed E-state index contributed by atoms with van der Waals surface area (Å²) >= 11 is 0. The van der Waals surface area contributed by atoms with Gasteiger partial charge in [0.1, 0.15) is 11.4 Å². The highest BCUT2D eigenvalue weighted by molar-refractivity contribution is 5.94. The molecule has 0 saturated heterocycles. The molecular weight excluding hydrogens is 495 g/mol. The van der Waals surface area contributed by atoms with Crippen LogP contribution in [0.2, 0.25) is 0 Å². The Morgan fingerprint density at radius 1 is 1.11 bits per heavy atom. The van der Waals surface area contributed by atoms with Crippen molar-refractivity contribution in [2.24, 2.45) is 10.8 Å². The highest BCUT2D eigenvalue weighted by Gasteiger charge is 2.69. The maximum absolute atomic E-state index is 14.2. The Morgan fingerprint density at radius 3 is 2.32 bits per heavy atom. The Bertz CT molecular complexity index is 1190. The van der Waals surface area contributed by atoms with Crippen LogP contribution in [0.4, 0.5) is 18.9 Å². The summed E-state index contributed by atoms with van der Waals surface area (Å²) in [6.07, 6.45) is 6.73. The van der Waals surface area contributed by atoms with Gasteiger partial charge in [-0.1, -0.05) is 11.2 Å². The van der Waals surface area contributed by atoms with Crippen LogP contribution in [0.3, 0.4) is 0 Å². The van der Waals surface area contributed by atoms with E-state index >= 15 is 0 Å². The number of hydrogen-bond donors (Lipinski definition) is 0. The molecule has 1 aromatic heterocycles. The Hall–Kier alpha value is -2.58. The lowest BCUT2D eigenvalue weighted by Gasteiger charge is -2.66. The second-order valence-corrected chi connectivity index (χ2v) is 13.1. The lowest BCUT2D eigenvalue weighted by molar-refractivity contribution is -0.215. The van der Waals surface area contributed by atoms with E-state index in [0.29, 0.717) is 43.8 Å². The SMILES string of the molecule is CC(C)Oc1cccc(N(CC23CCC(c4noc(C(C)(F)F)n4)(CC2)CC3)C(=O)CC23CC(F)(C2)C3)c1. The zero-order valence-electron chi connectivity index (χ0n) is 22.4. The summed E-state index contributed by atoms with van der Waals surface area (Å²) in [7, 11) is 0. The lowest BCUT2D eigenvalue weighted by Crippen LogP contribution is -2.65. The Kier molecular flexibility index (Phi) is 5.72. The first-order valence-corrected chi connectivity index (χ1v) is 13.8. The molecule has 0 radical (unpaired) electrons. The zero-order chi connectivity index (χ0) is 27.0. The van der Waals surface area contributed by atoms with E-state index in [0.717, 1.165) is 51.1 Å². The summed E-state index contributed by atoms with van der Waals surface area (Å²) in [4.78, 5) is 19.8. The molecule has 0 spiro atoms. The van der Waals surface area contributed by atoms with E-state index in [1.807, 2.05) is 43.0 Å². The van der Waals surface area contributed by atoms with E-state index in [9.17, 15) is 18.0 Å². The van der Waals surface area contributed by atoms with Crippen LogP contribution in [-0.4, -0.2) is 34.4 Å². The van der Waals surface area contributed by atoms with Crippen molar-refractivity contribution in [3.05, 3.63) is 36.0 Å². The summed E-state index contributed by atoms with van der Waals surface area (Å²) in [5, 5.41) is 3.96. The molecule has 4 bridgehead atoms. The fraction of sp³-hybridized carbons (Fsp3) is 0.690. The van der Waals surface area contributed by atoms with Gasteiger partial charge < -0.3 is 14.2 Å². The van der Waals surface area contributed by atoms with Crippen molar-refractivity contribution >= 4 is 11.6 Å². The number of halogens is 3. The molecule has 1 aromatic carbocycles. The summed E-state index contributed by atoms with van der Waals surface area (Å²) in [6, 6.07) is 7.68. The van der Waals surface area contributed by atoms with Gasteiger partial charge in [-0.3, -0.25) is 4.79 Å². The van der Waals surface area contributed by atoms with E-state index in [1.165, 1.54) is 0 Å². The highest BCUT2D eigenvalue weighted by atomic mass is 19.3. The maximum atomic E-state index is 14.2. The van der Waals surface area contributed by atoms with Gasteiger partial charge in [-0.15, -0.1) is 0 Å². The minimum atomic E-state index is -3.16. The van der Waals surface area contributed by atoms with Crippen molar-refractivity contribution in [2.45, 2.75) is 108 Å². The molecule has 6 aliphatic rings. The number of amides is 1. The molecule has 8 rings (SSSR count). The van der Waals surface area contributed by atoms with Crippen molar-refractivity contribution in [1.29, 1.82) is 0 Å². The third-order valence-electron chi connectivity index (χ3n) is 9.57. The predicted octanol–water partition coefficient (Wildman–Crippen LogP) is 6.88. The summed E-state index contributed by atoms with van der Waals surface area (Å²) in [5.41, 5.74) is -0.842. The fourth-order valence-electron chi connectivity index (χ4n) is 7.57. The number of fused-ring (bicyclic) bond motifs is 3. The van der Waals surface area contributed by atoms with Gasteiger partial charge in [0.2, 0.25) is 5.91 Å². The number of carbonyl (C=O) groups is 1. The molecular formula is C29H36F3N3O3. The second kappa shape index (κ2) is 8.46. The van der Waals surface area contributed by atoms with E-state index in [-0.39, 0.29) is 28.3 Å². The van der Waals surface area contributed by atoms with Gasteiger partial charge in [-0.05, 0) is 94.6 Å². The van der Waals surface area contributed by atoms with Gasteiger partial charge in [-0.25, -0.2) is 4.39 Å². The minimum absolute atomic E-state index is 0.0117. The molecule has 6 saturated carbocycles. The van der Waals surface area contributed by atoms with Crippen molar-refractivity contribution in [2.75, 3.05) is 11.4 Å². The second-order valence-electron chi connectivity index (χ2n) is 13.1. The molecule has 6 aliphatic carbocycles. The first-order valence-electron chi connectivity index (χ1n) is 13.8. The van der Waals surface area contributed by atoms with Crippen molar-refractivity contribution in [3.63, 3.8) is 0 Å². The summed E-state index contributed by atoms with van der Waals surface area (Å²) in [5.74, 6) is -2.65. The quantitative estimate of drug-likeness (QED) is 0.353. The lowest BCUT2D eigenvalue weighted by atomic mass is 9.41. The van der Waals surface area contributed by atoms with Gasteiger partial charge in [0.15, 0.2) is 5.82 Å². The molecule has 0 N–H and O–H groups in total. The molecule has 206 valence electrons. The van der Waals surface area contributed by atoms with Crippen LogP contribution in [0.1, 0.15) is 96.7 Å². The first kappa shape index (κ1) is 25.7. The first-order chi connectivity index (χ1) is 17.8. The normalized spacial score (nSPS) is 33.6. The Labute approximate surface area is 221 Å². The Morgan fingerprint density at radius 2 is 1.76 bits per heavy atom. The van der Waals surface area contributed by atoms with Crippen molar-refractivity contribution in [3.8, 4) is 5.75 Å². The van der Waals surface area contributed by atoms with Gasteiger partial charge in [0.25, 0.3) is 5.89 Å². The largest absolute Gasteiger partial charge is 0.491 e. The molecule has 0 atom stereocenters. The molecule has 0 unspecified atom stereocenters. The number of alkyl halides is 3. The van der Waals surface area contributed by atoms with Gasteiger partial charge in [0, 0.05) is 37.1 Å². The fourth-order valence-corrected chi connectivity index (χ4v) is 7.57. The summed E-state index contributed by atoms with van der Waals surface area (Å²) < 4.78 is 52.5. The van der Waals surface area contributed by atoms with Crippen LogP contribution in [0.15, 0.2) is 28.8 Å². The van der Waals surface area contributed by atoms with Gasteiger partial charge in [0.05, 0.1) is 6.10 Å². The van der Waals surface area contributed by atoms with Crippen molar-refractivity contribution in [1.82, 2.24) is 10.1 Å². The monoisotopic (exact) mass is 531 g/mol. The number of benzene rings is 1. The van der Waals surface area contributed by atoms with E-state index in [2.05, 4.69) is 10.1 Å². The topological polar surface area (TPSA) is 68.5 Å². The minimum Gasteiger partial charge on any atom is -0.491 e. The molecule has 0 aliphatic heterocycles. The average molecular weight is 532 g/mol. The molecule has 1 amide bonds.